The van der Waals surface area contributed by atoms with Crippen molar-refractivity contribution in [3.63, 3.8) is 0 Å². The summed E-state index contributed by atoms with van der Waals surface area (Å²) in [5.41, 5.74) is 3.55. The third kappa shape index (κ3) is 3.46. The van der Waals surface area contributed by atoms with Crippen LogP contribution in [0.5, 0.6) is 0 Å². The van der Waals surface area contributed by atoms with Gasteiger partial charge in [0.1, 0.15) is 15.8 Å². The number of nitrogens with zero attached hydrogens (tertiary/aromatic N) is 3. The van der Waals surface area contributed by atoms with E-state index in [4.69, 9.17) is 0 Å². The van der Waals surface area contributed by atoms with Gasteiger partial charge in [0.15, 0.2) is 21.1 Å². The minimum absolute atomic E-state index is 0.0340. The summed E-state index contributed by atoms with van der Waals surface area (Å²) in [5.74, 6) is 0.0340. The highest BCUT2D eigenvalue weighted by Gasteiger charge is 2.61. The second-order valence-corrected chi connectivity index (χ2v) is 14.8. The van der Waals surface area contributed by atoms with Gasteiger partial charge in [-0.15, -0.1) is 0 Å². The van der Waals surface area contributed by atoms with Crippen molar-refractivity contribution in [1.29, 1.82) is 0 Å². The first-order chi connectivity index (χ1) is 18.6. The molecule has 11 heteroatoms. The van der Waals surface area contributed by atoms with Crippen LogP contribution < -0.4 is 5.32 Å². The van der Waals surface area contributed by atoms with Crippen LogP contribution in [0, 0.1) is 19.3 Å². The zero-order chi connectivity index (χ0) is 27.2. The van der Waals surface area contributed by atoms with Gasteiger partial charge in [-0.3, -0.25) is 9.72 Å². The molecule has 3 aromatic heterocycles. The highest BCUT2D eigenvalue weighted by atomic mass is 32.2. The maximum absolute atomic E-state index is 13.7. The average molecular weight is 562 g/mol. The Morgan fingerprint density at radius 2 is 1.74 bits per heavy atom. The standard InChI is InChI=1S/C28H27N5O4S2/c1-17-6-5-8-20(10-17)38(34,35)23-14-30-26-25(23)33-21(13-29-24(33)15-31-26)19-11-28(12-19)16-32-27(28)39(36,37)22-9-4-3-7-18(22)2/h3-10,13-15,19,27,30,32H,11-12,16H2,1-2H3. The van der Waals surface area contributed by atoms with Crippen molar-refractivity contribution < 1.29 is 16.8 Å². The van der Waals surface area contributed by atoms with Crippen molar-refractivity contribution in [2.24, 2.45) is 5.41 Å². The van der Waals surface area contributed by atoms with Crippen molar-refractivity contribution in [1.82, 2.24) is 24.7 Å². The van der Waals surface area contributed by atoms with Gasteiger partial charge in [-0.25, -0.2) is 26.8 Å². The molecule has 0 amide bonds. The highest BCUT2D eigenvalue weighted by Crippen LogP contribution is 2.58. The van der Waals surface area contributed by atoms with Crippen LogP contribution in [0.15, 0.2) is 81.8 Å². The minimum Gasteiger partial charge on any atom is -0.343 e. The Bertz CT molecular complexity index is 2000. The van der Waals surface area contributed by atoms with Gasteiger partial charge in [0.05, 0.1) is 16.0 Å². The van der Waals surface area contributed by atoms with Crippen LogP contribution in [0.3, 0.4) is 0 Å². The molecule has 1 aliphatic heterocycles. The van der Waals surface area contributed by atoms with Crippen molar-refractivity contribution in [2.75, 3.05) is 6.54 Å². The van der Waals surface area contributed by atoms with Gasteiger partial charge in [-0.2, -0.15) is 0 Å². The molecule has 1 aliphatic carbocycles. The average Bonchev–Trinajstić information content (AvgIpc) is 3.47. The molecule has 0 bridgehead atoms. The Morgan fingerprint density at radius 3 is 2.46 bits per heavy atom. The van der Waals surface area contributed by atoms with E-state index in [9.17, 15) is 16.8 Å². The summed E-state index contributed by atoms with van der Waals surface area (Å²) < 4.78 is 56.4. The van der Waals surface area contributed by atoms with Crippen LogP contribution in [-0.4, -0.2) is 48.1 Å². The molecule has 200 valence electrons. The van der Waals surface area contributed by atoms with Gasteiger partial charge in [-0.1, -0.05) is 30.3 Å². The van der Waals surface area contributed by atoms with E-state index in [1.54, 1.807) is 42.7 Å². The zero-order valence-electron chi connectivity index (χ0n) is 21.4. The summed E-state index contributed by atoms with van der Waals surface area (Å²) in [6.07, 6.45) is 6.20. The summed E-state index contributed by atoms with van der Waals surface area (Å²) in [6, 6.07) is 13.9. The van der Waals surface area contributed by atoms with Crippen molar-refractivity contribution in [2.45, 2.75) is 52.7 Å². The number of hydrogen-bond acceptors (Lipinski definition) is 7. The summed E-state index contributed by atoms with van der Waals surface area (Å²) in [7, 11) is -7.38. The lowest BCUT2D eigenvalue weighted by Crippen LogP contribution is -2.69. The van der Waals surface area contributed by atoms with E-state index >= 15 is 0 Å². The molecule has 2 fully saturated rings. The molecule has 7 rings (SSSR count). The smallest absolute Gasteiger partial charge is 0.210 e. The van der Waals surface area contributed by atoms with Gasteiger partial charge in [0, 0.05) is 36.0 Å². The fraction of sp³-hybridized carbons (Fsp3) is 0.286. The molecule has 2 aromatic carbocycles. The third-order valence-electron chi connectivity index (χ3n) is 8.37. The number of nitrogens with one attached hydrogen (secondary N) is 2. The largest absolute Gasteiger partial charge is 0.343 e. The zero-order valence-corrected chi connectivity index (χ0v) is 23.1. The second kappa shape index (κ2) is 8.23. The number of aromatic nitrogens is 4. The molecular formula is C28H27N5O4S2. The predicted molar refractivity (Wildman–Crippen MR) is 146 cm³/mol. The monoisotopic (exact) mass is 561 g/mol. The topological polar surface area (TPSA) is 126 Å². The molecular weight excluding hydrogens is 534 g/mol. The van der Waals surface area contributed by atoms with Crippen molar-refractivity contribution in [3.8, 4) is 0 Å². The molecule has 1 unspecified atom stereocenters. The quantitative estimate of drug-likeness (QED) is 0.333. The maximum Gasteiger partial charge on any atom is 0.210 e. The first-order valence-corrected chi connectivity index (χ1v) is 15.8. The van der Waals surface area contributed by atoms with E-state index in [1.807, 2.05) is 36.4 Å². The molecule has 1 saturated heterocycles. The fourth-order valence-corrected chi connectivity index (χ4v) is 10.1. The van der Waals surface area contributed by atoms with Gasteiger partial charge in [0.25, 0.3) is 0 Å². The number of sulfone groups is 2. The van der Waals surface area contributed by atoms with Crippen LogP contribution in [-0.2, 0) is 19.7 Å². The number of benzene rings is 2. The molecule has 2 aliphatic rings. The van der Waals surface area contributed by atoms with Crippen LogP contribution >= 0.6 is 0 Å². The Morgan fingerprint density at radius 1 is 0.949 bits per heavy atom. The van der Waals surface area contributed by atoms with Crippen LogP contribution in [0.1, 0.15) is 35.6 Å². The normalized spacial score (nSPS) is 23.2. The van der Waals surface area contributed by atoms with Gasteiger partial charge in [0.2, 0.25) is 9.84 Å². The van der Waals surface area contributed by atoms with Gasteiger partial charge in [-0.05, 0) is 56.0 Å². The summed E-state index contributed by atoms with van der Waals surface area (Å²) in [4.78, 5) is 12.7. The lowest BCUT2D eigenvalue weighted by molar-refractivity contribution is 0.0127. The fourth-order valence-electron chi connectivity index (χ4n) is 6.35. The molecule has 5 aromatic rings. The maximum atomic E-state index is 13.7. The Hall–Kier alpha value is -3.54. The Balaban J connectivity index is 1.27. The number of aromatic amines is 1. The second-order valence-electron chi connectivity index (χ2n) is 10.8. The molecule has 39 heavy (non-hydrogen) atoms. The molecule has 1 atom stereocenters. The van der Waals surface area contributed by atoms with E-state index in [0.717, 1.165) is 16.8 Å². The van der Waals surface area contributed by atoms with Gasteiger partial charge >= 0.3 is 0 Å². The summed E-state index contributed by atoms with van der Waals surface area (Å²) in [5, 5.41) is 2.53. The molecule has 9 nitrogen and oxygen atoms in total. The SMILES string of the molecule is Cc1cccc(S(=O)(=O)c2c[nH]c3ncc4ncc(C5CC6(CNC6S(=O)(=O)c6ccccc6C)C5)n4c23)c1. The van der Waals surface area contributed by atoms with E-state index in [2.05, 4.69) is 20.3 Å². The molecule has 4 heterocycles. The van der Waals surface area contributed by atoms with E-state index in [-0.39, 0.29) is 21.1 Å². The van der Waals surface area contributed by atoms with Crippen LogP contribution in [0.4, 0.5) is 0 Å². The molecule has 1 spiro atoms. The number of fused-ring (bicyclic) bond motifs is 3. The van der Waals surface area contributed by atoms with Crippen molar-refractivity contribution >= 4 is 36.5 Å². The predicted octanol–water partition coefficient (Wildman–Crippen LogP) is 3.93. The molecule has 2 N–H and O–H groups in total. The number of hydrogen-bond donors (Lipinski definition) is 2. The van der Waals surface area contributed by atoms with Crippen molar-refractivity contribution in [3.05, 3.63) is 83.9 Å². The van der Waals surface area contributed by atoms with Crippen LogP contribution in [0.2, 0.25) is 0 Å². The first-order valence-electron chi connectivity index (χ1n) is 12.8. The lowest BCUT2D eigenvalue weighted by Gasteiger charge is -2.59. The highest BCUT2D eigenvalue weighted by molar-refractivity contribution is 7.92. The number of aryl methyl sites for hydroxylation is 2. The lowest BCUT2D eigenvalue weighted by atomic mass is 9.57. The number of imidazole rings is 1. The van der Waals surface area contributed by atoms with Crippen LogP contribution in [0.25, 0.3) is 16.8 Å². The Kier molecular flexibility index (Phi) is 5.17. The van der Waals surface area contributed by atoms with E-state index in [1.165, 1.54) is 6.20 Å². The number of rotatable bonds is 5. The Labute approximate surface area is 226 Å². The first kappa shape index (κ1) is 24.5. The molecule has 1 saturated carbocycles. The van der Waals surface area contributed by atoms with E-state index in [0.29, 0.717) is 41.1 Å². The third-order valence-corrected chi connectivity index (χ3v) is 12.5. The summed E-state index contributed by atoms with van der Waals surface area (Å²) in [6.45, 7) is 4.30. The van der Waals surface area contributed by atoms with E-state index < -0.39 is 25.0 Å². The number of H-pyrrole nitrogens is 1. The summed E-state index contributed by atoms with van der Waals surface area (Å²) >= 11 is 0. The molecule has 0 radical (unpaired) electrons. The minimum atomic E-state index is -3.83. The van der Waals surface area contributed by atoms with Gasteiger partial charge < -0.3 is 4.98 Å².